The smallest absolute Gasteiger partial charge is 0.305 e. The van der Waals surface area contributed by atoms with Gasteiger partial charge in [-0.2, -0.15) is 0 Å². The predicted octanol–water partition coefficient (Wildman–Crippen LogP) is 0.745. The molecule has 3 N–H and O–H groups in total. The van der Waals surface area contributed by atoms with Crippen molar-refractivity contribution in [3.63, 3.8) is 0 Å². The summed E-state index contributed by atoms with van der Waals surface area (Å²) in [6.07, 6.45) is 0.455. The van der Waals surface area contributed by atoms with E-state index in [2.05, 4.69) is 0 Å². The maximum atomic E-state index is 10.9. The van der Waals surface area contributed by atoms with Crippen LogP contribution >= 0.6 is 0 Å². The van der Waals surface area contributed by atoms with E-state index in [1.54, 1.807) is 12.1 Å². The highest BCUT2D eigenvalue weighted by Crippen LogP contribution is 2.39. The third-order valence-corrected chi connectivity index (χ3v) is 2.67. The Bertz CT molecular complexity index is 486. The van der Waals surface area contributed by atoms with Crippen molar-refractivity contribution in [3.8, 4) is 11.5 Å². The topological polar surface area (TPSA) is 98.9 Å². The van der Waals surface area contributed by atoms with Gasteiger partial charge in [-0.1, -0.05) is 6.07 Å². The van der Waals surface area contributed by atoms with Gasteiger partial charge in [0, 0.05) is 11.6 Å². The van der Waals surface area contributed by atoms with E-state index in [9.17, 15) is 9.59 Å². The highest BCUT2D eigenvalue weighted by atomic mass is 16.6. The van der Waals surface area contributed by atoms with Gasteiger partial charge in [0.25, 0.3) is 0 Å². The molecule has 0 saturated carbocycles. The standard InChI is InChI=1S/C12H13NO5/c13-9(5-10(15)16)8-2-1-7(6-14)11-12(8)18-4-3-17-11/h1-2,6,9H,3-5,13H2,(H,15,16). The van der Waals surface area contributed by atoms with Crippen LogP contribution in [0.25, 0.3) is 0 Å². The van der Waals surface area contributed by atoms with Crippen molar-refractivity contribution in [1.82, 2.24) is 0 Å². The molecule has 0 spiro atoms. The zero-order valence-electron chi connectivity index (χ0n) is 9.59. The average molecular weight is 251 g/mol. The number of nitrogens with two attached hydrogens (primary N) is 1. The van der Waals surface area contributed by atoms with Crippen molar-refractivity contribution >= 4 is 12.3 Å². The number of benzene rings is 1. The summed E-state index contributed by atoms with van der Waals surface area (Å²) in [5.74, 6) is -0.276. The predicted molar refractivity (Wildman–Crippen MR) is 62.0 cm³/mol. The molecule has 96 valence electrons. The number of carbonyl (C=O) groups is 2. The molecular weight excluding hydrogens is 238 g/mol. The number of aliphatic carboxylic acids is 1. The quantitative estimate of drug-likeness (QED) is 0.766. The van der Waals surface area contributed by atoms with Gasteiger partial charge in [0.05, 0.1) is 12.0 Å². The number of carboxylic acid groups (broad SMARTS) is 1. The molecule has 1 atom stereocenters. The van der Waals surface area contributed by atoms with Crippen LogP contribution in [0.3, 0.4) is 0 Å². The number of hydrogen-bond donors (Lipinski definition) is 2. The second-order valence-electron chi connectivity index (χ2n) is 3.92. The van der Waals surface area contributed by atoms with Gasteiger partial charge in [0.1, 0.15) is 13.2 Å². The molecule has 1 unspecified atom stereocenters. The van der Waals surface area contributed by atoms with Crippen LogP contribution in [0.1, 0.15) is 28.4 Å². The maximum absolute atomic E-state index is 10.9. The molecule has 1 aromatic carbocycles. The molecular formula is C12H13NO5. The fourth-order valence-corrected chi connectivity index (χ4v) is 1.86. The summed E-state index contributed by atoms with van der Waals surface area (Å²) in [7, 11) is 0. The fraction of sp³-hybridized carbons (Fsp3) is 0.333. The first-order valence-electron chi connectivity index (χ1n) is 5.48. The Morgan fingerprint density at radius 3 is 2.67 bits per heavy atom. The molecule has 0 saturated heterocycles. The maximum Gasteiger partial charge on any atom is 0.305 e. The molecule has 1 aliphatic heterocycles. The minimum Gasteiger partial charge on any atom is -0.486 e. The van der Waals surface area contributed by atoms with Crippen LogP contribution in [0.15, 0.2) is 12.1 Å². The lowest BCUT2D eigenvalue weighted by molar-refractivity contribution is -0.137. The van der Waals surface area contributed by atoms with Crippen LogP contribution < -0.4 is 15.2 Å². The zero-order chi connectivity index (χ0) is 13.1. The summed E-state index contributed by atoms with van der Waals surface area (Å²) in [5.41, 5.74) is 6.72. The van der Waals surface area contributed by atoms with Crippen molar-refractivity contribution < 1.29 is 24.2 Å². The zero-order valence-corrected chi connectivity index (χ0v) is 9.59. The number of ether oxygens (including phenoxy) is 2. The first kappa shape index (κ1) is 12.4. The number of hydrogen-bond acceptors (Lipinski definition) is 5. The summed E-state index contributed by atoms with van der Waals surface area (Å²) in [6.45, 7) is 0.702. The molecule has 6 heteroatoms. The normalized spacial score (nSPS) is 14.9. The van der Waals surface area contributed by atoms with Gasteiger partial charge in [-0.25, -0.2) is 0 Å². The number of aldehydes is 1. The lowest BCUT2D eigenvalue weighted by Crippen LogP contribution is -2.21. The first-order valence-corrected chi connectivity index (χ1v) is 5.48. The summed E-state index contributed by atoms with van der Waals surface area (Å²) in [5, 5.41) is 8.74. The lowest BCUT2D eigenvalue weighted by Gasteiger charge is -2.24. The molecule has 1 aromatic rings. The molecule has 1 heterocycles. The van der Waals surface area contributed by atoms with Crippen LogP contribution in [0.5, 0.6) is 11.5 Å². The molecule has 0 aliphatic carbocycles. The minimum absolute atomic E-state index is 0.212. The van der Waals surface area contributed by atoms with Crippen molar-refractivity contribution in [2.45, 2.75) is 12.5 Å². The van der Waals surface area contributed by atoms with Crippen LogP contribution in [0.2, 0.25) is 0 Å². The van der Waals surface area contributed by atoms with E-state index in [0.29, 0.717) is 42.1 Å². The van der Waals surface area contributed by atoms with Crippen LogP contribution in [0, 0.1) is 0 Å². The van der Waals surface area contributed by atoms with Gasteiger partial charge in [-0.15, -0.1) is 0 Å². The second kappa shape index (κ2) is 5.05. The Morgan fingerprint density at radius 2 is 2.06 bits per heavy atom. The Hall–Kier alpha value is -2.08. The molecule has 0 bridgehead atoms. The summed E-state index contributed by atoms with van der Waals surface area (Å²) in [6, 6.07) is 2.46. The van der Waals surface area contributed by atoms with Crippen molar-refractivity contribution in [1.29, 1.82) is 0 Å². The fourth-order valence-electron chi connectivity index (χ4n) is 1.86. The Balaban J connectivity index is 2.42. The van der Waals surface area contributed by atoms with E-state index in [-0.39, 0.29) is 6.42 Å². The third-order valence-electron chi connectivity index (χ3n) is 2.67. The van der Waals surface area contributed by atoms with E-state index in [1.165, 1.54) is 0 Å². The van der Waals surface area contributed by atoms with Crippen LogP contribution in [-0.2, 0) is 4.79 Å². The lowest BCUT2D eigenvalue weighted by atomic mass is 10.0. The number of rotatable bonds is 4. The Kier molecular flexibility index (Phi) is 3.47. The molecule has 0 radical (unpaired) electrons. The third kappa shape index (κ3) is 2.28. The van der Waals surface area contributed by atoms with E-state index in [1.807, 2.05) is 0 Å². The summed E-state index contributed by atoms with van der Waals surface area (Å²) in [4.78, 5) is 21.5. The molecule has 18 heavy (non-hydrogen) atoms. The van der Waals surface area contributed by atoms with Crippen molar-refractivity contribution in [2.75, 3.05) is 13.2 Å². The largest absolute Gasteiger partial charge is 0.486 e. The van der Waals surface area contributed by atoms with E-state index < -0.39 is 12.0 Å². The minimum atomic E-state index is -0.993. The molecule has 2 rings (SSSR count). The van der Waals surface area contributed by atoms with Gasteiger partial charge in [0.15, 0.2) is 17.8 Å². The highest BCUT2D eigenvalue weighted by molar-refractivity contribution is 5.82. The van der Waals surface area contributed by atoms with Gasteiger partial charge in [-0.3, -0.25) is 9.59 Å². The van der Waals surface area contributed by atoms with Crippen molar-refractivity contribution in [2.24, 2.45) is 5.73 Å². The Labute approximate surface area is 103 Å². The van der Waals surface area contributed by atoms with E-state index >= 15 is 0 Å². The van der Waals surface area contributed by atoms with Crippen LogP contribution in [-0.4, -0.2) is 30.6 Å². The van der Waals surface area contributed by atoms with Gasteiger partial charge in [0.2, 0.25) is 0 Å². The summed E-state index contributed by atoms with van der Waals surface area (Å²) >= 11 is 0. The molecule has 6 nitrogen and oxygen atoms in total. The van der Waals surface area contributed by atoms with Crippen LogP contribution in [0.4, 0.5) is 0 Å². The first-order chi connectivity index (χ1) is 8.63. The molecule has 0 aromatic heterocycles. The summed E-state index contributed by atoms with van der Waals surface area (Å²) < 4.78 is 10.8. The van der Waals surface area contributed by atoms with E-state index in [4.69, 9.17) is 20.3 Å². The average Bonchev–Trinajstić information content (AvgIpc) is 2.36. The van der Waals surface area contributed by atoms with Gasteiger partial charge < -0.3 is 20.3 Å². The number of carbonyl (C=O) groups excluding carboxylic acids is 1. The van der Waals surface area contributed by atoms with Crippen molar-refractivity contribution in [3.05, 3.63) is 23.3 Å². The SMILES string of the molecule is NC(CC(=O)O)c1ccc(C=O)c2c1OCCO2. The highest BCUT2D eigenvalue weighted by Gasteiger charge is 2.24. The van der Waals surface area contributed by atoms with Gasteiger partial charge >= 0.3 is 5.97 Å². The Morgan fingerprint density at radius 1 is 1.39 bits per heavy atom. The van der Waals surface area contributed by atoms with E-state index in [0.717, 1.165) is 0 Å². The molecule has 1 aliphatic rings. The second-order valence-corrected chi connectivity index (χ2v) is 3.92. The number of fused-ring (bicyclic) bond motifs is 1. The monoisotopic (exact) mass is 251 g/mol. The van der Waals surface area contributed by atoms with Gasteiger partial charge in [-0.05, 0) is 6.07 Å². The molecule has 0 fully saturated rings. The molecule has 0 amide bonds. The number of carboxylic acids is 1.